The number of carbonyl (C=O) groups is 1. The van der Waals surface area contributed by atoms with Crippen molar-refractivity contribution in [3.05, 3.63) is 0 Å². The first-order valence-corrected chi connectivity index (χ1v) is 5.69. The Morgan fingerprint density at radius 2 is 2.00 bits per heavy atom. The molecule has 1 saturated carbocycles. The second-order valence-electron chi connectivity index (χ2n) is 4.62. The average molecular weight is 197 g/mol. The molecule has 1 saturated heterocycles. The van der Waals surface area contributed by atoms with Crippen LogP contribution in [-0.2, 0) is 4.79 Å². The van der Waals surface area contributed by atoms with Gasteiger partial charge in [0.05, 0.1) is 0 Å². The van der Waals surface area contributed by atoms with Crippen molar-refractivity contribution in [2.45, 2.75) is 38.7 Å². The van der Waals surface area contributed by atoms with Gasteiger partial charge >= 0.3 is 0 Å². The highest BCUT2D eigenvalue weighted by atomic mass is 16.3. The maximum atomic E-state index is 11.7. The Kier molecular flexibility index (Phi) is 2.77. The molecular formula is C11H19NO2. The molecule has 1 N–H and O–H groups in total. The molecule has 0 radical (unpaired) electrons. The van der Waals surface area contributed by atoms with Gasteiger partial charge < -0.3 is 10.0 Å². The Labute approximate surface area is 85.1 Å². The first-order valence-electron chi connectivity index (χ1n) is 5.69. The molecule has 0 spiro atoms. The molecular weight excluding hydrogens is 178 g/mol. The molecule has 0 bridgehead atoms. The Balaban J connectivity index is 1.92. The Morgan fingerprint density at radius 3 is 2.50 bits per heavy atom. The molecule has 1 amide bonds. The number of carbonyl (C=O) groups excluding carboxylic acids is 1. The van der Waals surface area contributed by atoms with Crippen molar-refractivity contribution in [2.75, 3.05) is 13.1 Å². The van der Waals surface area contributed by atoms with Crippen molar-refractivity contribution in [2.24, 2.45) is 11.8 Å². The van der Waals surface area contributed by atoms with Crippen LogP contribution in [0.15, 0.2) is 0 Å². The Hall–Kier alpha value is -0.570. The van der Waals surface area contributed by atoms with E-state index in [1.807, 2.05) is 11.8 Å². The van der Waals surface area contributed by atoms with Gasteiger partial charge in [-0.15, -0.1) is 0 Å². The fourth-order valence-electron chi connectivity index (χ4n) is 2.80. The van der Waals surface area contributed by atoms with E-state index in [2.05, 4.69) is 0 Å². The van der Waals surface area contributed by atoms with E-state index >= 15 is 0 Å². The van der Waals surface area contributed by atoms with Crippen molar-refractivity contribution in [1.29, 1.82) is 0 Å². The summed E-state index contributed by atoms with van der Waals surface area (Å²) in [5.74, 6) is 1.40. The quantitative estimate of drug-likeness (QED) is 0.718. The lowest BCUT2D eigenvalue weighted by Crippen LogP contribution is -2.37. The predicted octanol–water partition coefficient (Wildman–Crippen LogP) is 1.02. The van der Waals surface area contributed by atoms with Crippen molar-refractivity contribution in [3.8, 4) is 0 Å². The minimum atomic E-state index is -0.770. The highest BCUT2D eigenvalue weighted by Crippen LogP contribution is 2.37. The van der Waals surface area contributed by atoms with Crippen LogP contribution in [0.2, 0.25) is 0 Å². The van der Waals surface area contributed by atoms with Crippen LogP contribution >= 0.6 is 0 Å². The Bertz CT molecular complexity index is 217. The summed E-state index contributed by atoms with van der Waals surface area (Å²) >= 11 is 0. The van der Waals surface area contributed by atoms with Crippen LogP contribution in [0.5, 0.6) is 0 Å². The summed E-state index contributed by atoms with van der Waals surface area (Å²) in [5.41, 5.74) is 0. The van der Waals surface area contributed by atoms with E-state index in [1.54, 1.807) is 0 Å². The third-order valence-electron chi connectivity index (χ3n) is 3.71. The largest absolute Gasteiger partial charge is 0.383 e. The number of aliphatic hydroxyl groups is 1. The van der Waals surface area contributed by atoms with Crippen LogP contribution in [0, 0.1) is 11.8 Å². The van der Waals surface area contributed by atoms with Crippen LogP contribution < -0.4 is 0 Å². The van der Waals surface area contributed by atoms with E-state index in [-0.39, 0.29) is 5.91 Å². The lowest BCUT2D eigenvalue weighted by molar-refractivity contribution is -0.139. The number of hydrogen-bond donors (Lipinski definition) is 1. The standard InChI is InChI=1S/C11H19NO2/c1-2-10(13)11(14)12-6-8-4-3-5-9(8)7-12/h8-10,13H,2-7H2,1H3. The number of nitrogens with zero attached hydrogens (tertiary/aromatic N) is 1. The molecule has 0 aromatic carbocycles. The summed E-state index contributed by atoms with van der Waals surface area (Å²) in [7, 11) is 0. The molecule has 1 aliphatic heterocycles. The van der Waals surface area contributed by atoms with Crippen molar-refractivity contribution in [3.63, 3.8) is 0 Å². The highest BCUT2D eigenvalue weighted by Gasteiger charge is 2.38. The van der Waals surface area contributed by atoms with Crippen molar-refractivity contribution < 1.29 is 9.90 Å². The summed E-state index contributed by atoms with van der Waals surface area (Å²) in [6.45, 7) is 3.63. The zero-order valence-electron chi connectivity index (χ0n) is 8.78. The summed E-state index contributed by atoms with van der Waals surface area (Å²) in [5, 5.41) is 9.46. The average Bonchev–Trinajstić information content (AvgIpc) is 2.74. The van der Waals surface area contributed by atoms with Gasteiger partial charge in [0, 0.05) is 13.1 Å². The minimum absolute atomic E-state index is 0.0538. The van der Waals surface area contributed by atoms with Gasteiger partial charge in [-0.3, -0.25) is 4.79 Å². The van der Waals surface area contributed by atoms with Gasteiger partial charge in [-0.05, 0) is 31.1 Å². The van der Waals surface area contributed by atoms with E-state index in [0.29, 0.717) is 6.42 Å². The fourth-order valence-corrected chi connectivity index (χ4v) is 2.80. The van der Waals surface area contributed by atoms with E-state index in [1.165, 1.54) is 19.3 Å². The highest BCUT2D eigenvalue weighted by molar-refractivity contribution is 5.80. The van der Waals surface area contributed by atoms with E-state index in [4.69, 9.17) is 0 Å². The SMILES string of the molecule is CCC(O)C(=O)N1CC2CCCC2C1. The summed E-state index contributed by atoms with van der Waals surface area (Å²) in [4.78, 5) is 13.5. The normalized spacial score (nSPS) is 33.1. The number of fused-ring (bicyclic) bond motifs is 1. The molecule has 0 aromatic heterocycles. The smallest absolute Gasteiger partial charge is 0.251 e. The van der Waals surface area contributed by atoms with E-state index in [0.717, 1.165) is 24.9 Å². The second kappa shape index (κ2) is 3.89. The molecule has 1 heterocycles. The molecule has 80 valence electrons. The van der Waals surface area contributed by atoms with Gasteiger partial charge in [-0.1, -0.05) is 13.3 Å². The number of rotatable bonds is 2. The van der Waals surface area contributed by atoms with Gasteiger partial charge in [0.1, 0.15) is 6.10 Å². The minimum Gasteiger partial charge on any atom is -0.383 e. The number of hydrogen-bond acceptors (Lipinski definition) is 2. The van der Waals surface area contributed by atoms with Gasteiger partial charge in [-0.25, -0.2) is 0 Å². The summed E-state index contributed by atoms with van der Waals surface area (Å²) < 4.78 is 0. The molecule has 2 fully saturated rings. The third-order valence-corrected chi connectivity index (χ3v) is 3.71. The van der Waals surface area contributed by atoms with Crippen LogP contribution in [0.1, 0.15) is 32.6 Å². The van der Waals surface area contributed by atoms with Crippen molar-refractivity contribution in [1.82, 2.24) is 4.90 Å². The van der Waals surface area contributed by atoms with E-state index in [9.17, 15) is 9.90 Å². The van der Waals surface area contributed by atoms with Crippen LogP contribution in [0.4, 0.5) is 0 Å². The molecule has 1 aliphatic carbocycles. The predicted molar refractivity (Wildman–Crippen MR) is 53.7 cm³/mol. The zero-order valence-corrected chi connectivity index (χ0v) is 8.78. The van der Waals surface area contributed by atoms with E-state index < -0.39 is 6.10 Å². The molecule has 3 atom stereocenters. The lowest BCUT2D eigenvalue weighted by Gasteiger charge is -2.19. The van der Waals surface area contributed by atoms with Gasteiger partial charge in [0.2, 0.25) is 0 Å². The zero-order chi connectivity index (χ0) is 10.1. The fraction of sp³-hybridized carbons (Fsp3) is 0.909. The van der Waals surface area contributed by atoms with Crippen LogP contribution in [0.3, 0.4) is 0 Å². The van der Waals surface area contributed by atoms with Gasteiger partial charge in [-0.2, -0.15) is 0 Å². The topological polar surface area (TPSA) is 40.5 Å². The van der Waals surface area contributed by atoms with Crippen LogP contribution in [-0.4, -0.2) is 35.1 Å². The maximum absolute atomic E-state index is 11.7. The maximum Gasteiger partial charge on any atom is 0.251 e. The number of likely N-dealkylation sites (tertiary alicyclic amines) is 1. The van der Waals surface area contributed by atoms with Crippen LogP contribution in [0.25, 0.3) is 0 Å². The molecule has 14 heavy (non-hydrogen) atoms. The number of amides is 1. The molecule has 3 nitrogen and oxygen atoms in total. The lowest BCUT2D eigenvalue weighted by atomic mass is 10.0. The first-order chi connectivity index (χ1) is 6.72. The molecule has 2 rings (SSSR count). The van der Waals surface area contributed by atoms with Gasteiger partial charge in [0.15, 0.2) is 0 Å². The van der Waals surface area contributed by atoms with Gasteiger partial charge in [0.25, 0.3) is 5.91 Å². The second-order valence-corrected chi connectivity index (χ2v) is 4.62. The molecule has 3 unspecified atom stereocenters. The Morgan fingerprint density at radius 1 is 1.43 bits per heavy atom. The van der Waals surface area contributed by atoms with Crippen molar-refractivity contribution >= 4 is 5.91 Å². The summed E-state index contributed by atoms with van der Waals surface area (Å²) in [6, 6.07) is 0. The molecule has 2 aliphatic rings. The third kappa shape index (κ3) is 1.65. The first kappa shape index (κ1) is 9.97. The molecule has 3 heteroatoms. The monoisotopic (exact) mass is 197 g/mol. The summed E-state index contributed by atoms with van der Waals surface area (Å²) in [6.07, 6.45) is 3.64. The number of aliphatic hydroxyl groups excluding tert-OH is 1. The molecule has 0 aromatic rings.